The van der Waals surface area contributed by atoms with Crippen LogP contribution in [0.5, 0.6) is 0 Å². The van der Waals surface area contributed by atoms with E-state index in [9.17, 15) is 4.79 Å². The Hall–Kier alpha value is -1.55. The molecule has 2 N–H and O–H groups in total. The molecule has 0 aliphatic carbocycles. The van der Waals surface area contributed by atoms with E-state index >= 15 is 0 Å². The molecule has 0 spiro atoms. The van der Waals surface area contributed by atoms with Crippen molar-refractivity contribution >= 4 is 11.6 Å². The summed E-state index contributed by atoms with van der Waals surface area (Å²) in [5.74, 6) is 0.782. The molecule has 0 bridgehead atoms. The minimum atomic E-state index is -0.0990. The number of piperidine rings is 1. The number of rotatable bonds is 4. The molecule has 1 aromatic carbocycles. The second-order valence-electron chi connectivity index (χ2n) is 6.18. The van der Waals surface area contributed by atoms with Crippen molar-refractivity contribution in [2.45, 2.75) is 32.2 Å². The number of likely N-dealkylation sites (tertiary alicyclic amines) is 1. The molecule has 2 aliphatic heterocycles. The quantitative estimate of drug-likeness (QED) is 0.888. The van der Waals surface area contributed by atoms with Crippen LogP contribution in [0.2, 0.25) is 0 Å². The summed E-state index contributed by atoms with van der Waals surface area (Å²) >= 11 is 0. The molecule has 1 amide bonds. The lowest BCUT2D eigenvalue weighted by molar-refractivity contribution is -0.122. The van der Waals surface area contributed by atoms with E-state index in [1.807, 2.05) is 18.2 Å². The molecule has 1 atom stereocenters. The van der Waals surface area contributed by atoms with Crippen LogP contribution in [0.4, 0.5) is 5.69 Å². The lowest BCUT2D eigenvalue weighted by Crippen LogP contribution is -2.43. The van der Waals surface area contributed by atoms with Crippen molar-refractivity contribution in [3.05, 3.63) is 29.8 Å². The van der Waals surface area contributed by atoms with Crippen molar-refractivity contribution in [2.24, 2.45) is 5.92 Å². The first-order chi connectivity index (χ1) is 10.3. The summed E-state index contributed by atoms with van der Waals surface area (Å²) in [6, 6.07) is 8.08. The Balaban J connectivity index is 1.44. The van der Waals surface area contributed by atoms with Crippen LogP contribution in [0.1, 0.15) is 25.3 Å². The largest absolute Gasteiger partial charge is 0.373 e. The van der Waals surface area contributed by atoms with E-state index < -0.39 is 0 Å². The summed E-state index contributed by atoms with van der Waals surface area (Å²) in [4.78, 5) is 14.8. The van der Waals surface area contributed by atoms with Crippen molar-refractivity contribution in [1.82, 2.24) is 10.2 Å². The van der Waals surface area contributed by atoms with Gasteiger partial charge in [-0.25, -0.2) is 0 Å². The van der Waals surface area contributed by atoms with E-state index in [2.05, 4.69) is 28.5 Å². The Bertz CT molecular complexity index is 470. The summed E-state index contributed by atoms with van der Waals surface area (Å²) in [6.45, 7) is 6.52. The second-order valence-corrected chi connectivity index (χ2v) is 6.18. The normalized spacial score (nSPS) is 22.6. The number of fused-ring (bicyclic) bond motifs is 1. The maximum absolute atomic E-state index is 12.3. The molecular weight excluding hydrogens is 262 g/mol. The number of benzene rings is 1. The number of hydrogen-bond acceptors (Lipinski definition) is 3. The number of para-hydroxylation sites is 1. The van der Waals surface area contributed by atoms with E-state index in [0.29, 0.717) is 5.92 Å². The zero-order valence-corrected chi connectivity index (χ0v) is 12.8. The number of anilines is 1. The van der Waals surface area contributed by atoms with Gasteiger partial charge < -0.3 is 15.5 Å². The fourth-order valence-corrected chi connectivity index (χ4v) is 3.33. The van der Waals surface area contributed by atoms with Crippen LogP contribution < -0.4 is 10.6 Å². The van der Waals surface area contributed by atoms with Crippen LogP contribution in [0.25, 0.3) is 0 Å². The third kappa shape index (κ3) is 3.38. The molecule has 2 aliphatic rings. The SMILES string of the molecule is CCN1CCC(CNC(=O)[C@@H]2Cc3ccccc3N2)CC1. The van der Waals surface area contributed by atoms with Crippen molar-refractivity contribution in [1.29, 1.82) is 0 Å². The van der Waals surface area contributed by atoms with Gasteiger partial charge in [0.15, 0.2) is 0 Å². The Morgan fingerprint density at radius 3 is 2.81 bits per heavy atom. The summed E-state index contributed by atoms with van der Waals surface area (Å²) in [6.07, 6.45) is 3.20. The first-order valence-electron chi connectivity index (χ1n) is 8.10. The van der Waals surface area contributed by atoms with Gasteiger partial charge in [-0.1, -0.05) is 25.1 Å². The molecular formula is C17H25N3O. The lowest BCUT2D eigenvalue weighted by atomic mass is 9.96. The minimum Gasteiger partial charge on any atom is -0.373 e. The molecule has 4 nitrogen and oxygen atoms in total. The van der Waals surface area contributed by atoms with Crippen LogP contribution in [-0.2, 0) is 11.2 Å². The standard InChI is InChI=1S/C17H25N3O/c1-2-20-9-7-13(8-10-20)12-18-17(21)16-11-14-5-3-4-6-15(14)19-16/h3-6,13,16,19H,2,7-12H2,1H3,(H,18,21)/t16-/m0/s1. The van der Waals surface area contributed by atoms with Gasteiger partial charge in [0.1, 0.15) is 6.04 Å². The number of nitrogens with one attached hydrogen (secondary N) is 2. The zero-order chi connectivity index (χ0) is 14.7. The average Bonchev–Trinajstić information content (AvgIpc) is 2.97. The molecule has 114 valence electrons. The first kappa shape index (κ1) is 14.4. The number of carbonyl (C=O) groups is 1. The summed E-state index contributed by atoms with van der Waals surface area (Å²) in [5.41, 5.74) is 2.35. The monoisotopic (exact) mass is 287 g/mol. The van der Waals surface area contributed by atoms with E-state index in [4.69, 9.17) is 0 Å². The van der Waals surface area contributed by atoms with Gasteiger partial charge in [0.2, 0.25) is 5.91 Å². The highest BCUT2D eigenvalue weighted by Gasteiger charge is 2.27. The van der Waals surface area contributed by atoms with Gasteiger partial charge in [0.25, 0.3) is 0 Å². The average molecular weight is 287 g/mol. The van der Waals surface area contributed by atoms with Gasteiger partial charge in [-0.15, -0.1) is 0 Å². The van der Waals surface area contributed by atoms with E-state index in [1.54, 1.807) is 0 Å². The maximum Gasteiger partial charge on any atom is 0.242 e. The first-order valence-corrected chi connectivity index (χ1v) is 8.10. The molecule has 0 saturated carbocycles. The molecule has 1 aromatic rings. The number of hydrogen-bond donors (Lipinski definition) is 2. The third-order valence-corrected chi connectivity index (χ3v) is 4.81. The third-order valence-electron chi connectivity index (χ3n) is 4.81. The maximum atomic E-state index is 12.3. The highest BCUT2D eigenvalue weighted by atomic mass is 16.2. The van der Waals surface area contributed by atoms with Gasteiger partial charge in [-0.2, -0.15) is 0 Å². The molecule has 21 heavy (non-hydrogen) atoms. The molecule has 3 rings (SSSR count). The van der Waals surface area contributed by atoms with Crippen LogP contribution >= 0.6 is 0 Å². The summed E-state index contributed by atoms with van der Waals surface area (Å²) in [5, 5.41) is 6.46. The molecule has 1 saturated heterocycles. The topological polar surface area (TPSA) is 44.4 Å². The Morgan fingerprint density at radius 2 is 2.10 bits per heavy atom. The van der Waals surface area contributed by atoms with E-state index in [0.717, 1.165) is 25.2 Å². The Morgan fingerprint density at radius 1 is 1.33 bits per heavy atom. The fraction of sp³-hybridized carbons (Fsp3) is 0.588. The van der Waals surface area contributed by atoms with E-state index in [1.165, 1.54) is 31.5 Å². The summed E-state index contributed by atoms with van der Waals surface area (Å²) in [7, 11) is 0. The molecule has 0 aromatic heterocycles. The minimum absolute atomic E-state index is 0.0990. The van der Waals surface area contributed by atoms with Crippen LogP contribution in [0, 0.1) is 5.92 Å². The number of amides is 1. The van der Waals surface area contributed by atoms with Gasteiger partial charge in [0, 0.05) is 18.7 Å². The predicted molar refractivity (Wildman–Crippen MR) is 85.4 cm³/mol. The predicted octanol–water partition coefficient (Wildman–Crippen LogP) is 1.87. The van der Waals surface area contributed by atoms with Gasteiger partial charge in [-0.3, -0.25) is 4.79 Å². The number of carbonyl (C=O) groups excluding carboxylic acids is 1. The molecule has 1 fully saturated rings. The Kier molecular flexibility index (Phi) is 4.44. The highest BCUT2D eigenvalue weighted by Crippen LogP contribution is 2.25. The summed E-state index contributed by atoms with van der Waals surface area (Å²) < 4.78 is 0. The van der Waals surface area contributed by atoms with Gasteiger partial charge in [0.05, 0.1) is 0 Å². The lowest BCUT2D eigenvalue weighted by Gasteiger charge is -2.31. The van der Waals surface area contributed by atoms with E-state index in [-0.39, 0.29) is 11.9 Å². The Labute approximate surface area is 126 Å². The smallest absolute Gasteiger partial charge is 0.242 e. The molecule has 0 unspecified atom stereocenters. The van der Waals surface area contributed by atoms with Crippen molar-refractivity contribution < 1.29 is 4.79 Å². The van der Waals surface area contributed by atoms with Crippen molar-refractivity contribution in [3.8, 4) is 0 Å². The molecule has 0 radical (unpaired) electrons. The van der Waals surface area contributed by atoms with Gasteiger partial charge >= 0.3 is 0 Å². The van der Waals surface area contributed by atoms with Crippen molar-refractivity contribution in [2.75, 3.05) is 31.5 Å². The van der Waals surface area contributed by atoms with Crippen LogP contribution in [0.15, 0.2) is 24.3 Å². The number of nitrogens with zero attached hydrogens (tertiary/aromatic N) is 1. The highest BCUT2D eigenvalue weighted by molar-refractivity contribution is 5.87. The van der Waals surface area contributed by atoms with Crippen LogP contribution in [-0.4, -0.2) is 43.0 Å². The zero-order valence-electron chi connectivity index (χ0n) is 12.8. The van der Waals surface area contributed by atoms with Crippen LogP contribution in [0.3, 0.4) is 0 Å². The van der Waals surface area contributed by atoms with Crippen molar-refractivity contribution in [3.63, 3.8) is 0 Å². The molecule has 4 heteroatoms. The fourth-order valence-electron chi connectivity index (χ4n) is 3.33. The van der Waals surface area contributed by atoms with Gasteiger partial charge in [-0.05, 0) is 50.0 Å². The second kappa shape index (κ2) is 6.48. The molecule has 2 heterocycles.